The van der Waals surface area contributed by atoms with Gasteiger partial charge in [0.1, 0.15) is 12.4 Å². The van der Waals surface area contributed by atoms with Crippen molar-refractivity contribution in [2.45, 2.75) is 57.0 Å². The lowest BCUT2D eigenvalue weighted by Crippen LogP contribution is -2.45. The van der Waals surface area contributed by atoms with Crippen LogP contribution in [0.3, 0.4) is 0 Å². The van der Waals surface area contributed by atoms with Crippen molar-refractivity contribution in [1.29, 1.82) is 0 Å². The third-order valence-corrected chi connectivity index (χ3v) is 7.40. The number of aliphatic hydroxyl groups is 1. The lowest BCUT2D eigenvalue weighted by atomic mass is 9.96. The Kier molecular flexibility index (Phi) is 12.8. The topological polar surface area (TPSA) is 95.9 Å². The highest BCUT2D eigenvalue weighted by Gasteiger charge is 2.35. The molecule has 220 valence electrons. The first-order valence-corrected chi connectivity index (χ1v) is 14.2. The van der Waals surface area contributed by atoms with Crippen LogP contribution in [-0.2, 0) is 32.0 Å². The second-order valence-electron chi connectivity index (χ2n) is 10.6. The van der Waals surface area contributed by atoms with Gasteiger partial charge in [0.2, 0.25) is 11.8 Å². The SMILES string of the molecule is C=CC[C@@H](Cc1ccc(F)cc1)C(=O)OC[C@H]1CCCN1C(=O)[C@@H](CC=C)CC(=O)N[C@H](CO)Cc1ccccc1. The van der Waals surface area contributed by atoms with Gasteiger partial charge in [0, 0.05) is 13.0 Å². The molecule has 2 amide bonds. The molecule has 1 aliphatic rings. The van der Waals surface area contributed by atoms with Crippen LogP contribution < -0.4 is 5.32 Å². The summed E-state index contributed by atoms with van der Waals surface area (Å²) < 4.78 is 19.0. The lowest BCUT2D eigenvalue weighted by Gasteiger charge is -2.29. The molecule has 2 aromatic carbocycles. The normalized spacial score (nSPS) is 16.8. The third kappa shape index (κ3) is 9.97. The number of hydrogen-bond acceptors (Lipinski definition) is 5. The first kappa shape index (κ1) is 31.7. The number of carbonyl (C=O) groups is 3. The zero-order valence-electron chi connectivity index (χ0n) is 23.6. The molecule has 4 atom stereocenters. The van der Waals surface area contributed by atoms with Crippen LogP contribution in [0.2, 0.25) is 0 Å². The number of halogens is 1. The number of amides is 2. The van der Waals surface area contributed by atoms with E-state index in [0.29, 0.717) is 38.6 Å². The van der Waals surface area contributed by atoms with Gasteiger partial charge in [-0.25, -0.2) is 4.39 Å². The second kappa shape index (κ2) is 16.5. The van der Waals surface area contributed by atoms with E-state index in [9.17, 15) is 23.9 Å². The van der Waals surface area contributed by atoms with E-state index in [1.54, 1.807) is 29.2 Å². The van der Waals surface area contributed by atoms with E-state index in [1.165, 1.54) is 12.1 Å². The van der Waals surface area contributed by atoms with Crippen molar-refractivity contribution < 1.29 is 28.6 Å². The first-order valence-electron chi connectivity index (χ1n) is 14.2. The minimum Gasteiger partial charge on any atom is -0.463 e. The first-order chi connectivity index (χ1) is 19.8. The van der Waals surface area contributed by atoms with E-state index in [-0.39, 0.29) is 49.3 Å². The molecule has 0 spiro atoms. The third-order valence-electron chi connectivity index (χ3n) is 7.40. The summed E-state index contributed by atoms with van der Waals surface area (Å²) in [5, 5.41) is 12.6. The van der Waals surface area contributed by atoms with E-state index in [1.807, 2.05) is 30.3 Å². The molecule has 1 aliphatic heterocycles. The molecule has 0 aliphatic carbocycles. The van der Waals surface area contributed by atoms with E-state index in [0.717, 1.165) is 17.5 Å². The quantitative estimate of drug-likeness (QED) is 0.233. The highest BCUT2D eigenvalue weighted by Crippen LogP contribution is 2.24. The zero-order valence-corrected chi connectivity index (χ0v) is 23.6. The van der Waals surface area contributed by atoms with Crippen molar-refractivity contribution in [1.82, 2.24) is 10.2 Å². The molecule has 2 N–H and O–H groups in total. The van der Waals surface area contributed by atoms with E-state index >= 15 is 0 Å². The molecule has 0 unspecified atom stereocenters. The average Bonchev–Trinajstić information content (AvgIpc) is 3.45. The van der Waals surface area contributed by atoms with Gasteiger partial charge in [0.15, 0.2) is 0 Å². The molecule has 0 radical (unpaired) electrons. The molecule has 3 rings (SSSR count). The van der Waals surface area contributed by atoms with E-state index in [2.05, 4.69) is 18.5 Å². The Morgan fingerprint density at radius 2 is 1.66 bits per heavy atom. The number of rotatable bonds is 16. The van der Waals surface area contributed by atoms with Crippen molar-refractivity contribution >= 4 is 17.8 Å². The summed E-state index contributed by atoms with van der Waals surface area (Å²) in [6, 6.07) is 14.9. The summed E-state index contributed by atoms with van der Waals surface area (Å²) in [4.78, 5) is 41.1. The fourth-order valence-electron chi connectivity index (χ4n) is 5.24. The number of hydrogen-bond donors (Lipinski definition) is 2. The van der Waals surface area contributed by atoms with E-state index in [4.69, 9.17) is 4.74 Å². The zero-order chi connectivity index (χ0) is 29.6. The number of likely N-dealkylation sites (tertiary alicyclic amines) is 1. The number of nitrogens with zero attached hydrogens (tertiary/aromatic N) is 1. The van der Waals surface area contributed by atoms with Crippen LogP contribution in [0.5, 0.6) is 0 Å². The largest absolute Gasteiger partial charge is 0.463 e. The molecule has 41 heavy (non-hydrogen) atoms. The van der Waals surface area contributed by atoms with Gasteiger partial charge in [-0.3, -0.25) is 14.4 Å². The van der Waals surface area contributed by atoms with Gasteiger partial charge in [0.05, 0.1) is 30.5 Å². The van der Waals surface area contributed by atoms with Gasteiger partial charge in [-0.1, -0.05) is 54.6 Å². The molecule has 8 heteroatoms. The molecular weight excluding hydrogens is 523 g/mol. The monoisotopic (exact) mass is 564 g/mol. The van der Waals surface area contributed by atoms with Crippen LogP contribution in [0.4, 0.5) is 4.39 Å². The van der Waals surface area contributed by atoms with Crippen LogP contribution in [-0.4, -0.2) is 59.6 Å². The van der Waals surface area contributed by atoms with Crippen molar-refractivity contribution in [3.8, 4) is 0 Å². The van der Waals surface area contributed by atoms with E-state index < -0.39 is 17.9 Å². The summed E-state index contributed by atoms with van der Waals surface area (Å²) in [6.45, 7) is 7.88. The fraction of sp³-hybridized carbons (Fsp3) is 0.424. The minimum absolute atomic E-state index is 0.0295. The maximum Gasteiger partial charge on any atom is 0.309 e. The molecule has 1 fully saturated rings. The van der Waals surface area contributed by atoms with Crippen molar-refractivity contribution in [2.24, 2.45) is 11.8 Å². The number of aliphatic hydroxyl groups excluding tert-OH is 1. The Hall–Kier alpha value is -3.78. The smallest absolute Gasteiger partial charge is 0.309 e. The summed E-state index contributed by atoms with van der Waals surface area (Å²) in [5.41, 5.74) is 1.82. The highest BCUT2D eigenvalue weighted by molar-refractivity contribution is 5.86. The predicted octanol–water partition coefficient (Wildman–Crippen LogP) is 4.40. The summed E-state index contributed by atoms with van der Waals surface area (Å²) in [7, 11) is 0. The summed E-state index contributed by atoms with van der Waals surface area (Å²) in [6.07, 6.45) is 6.35. The van der Waals surface area contributed by atoms with Gasteiger partial charge in [0.25, 0.3) is 0 Å². The lowest BCUT2D eigenvalue weighted by molar-refractivity contribution is -0.152. The van der Waals surface area contributed by atoms with Crippen molar-refractivity contribution in [3.05, 3.63) is 96.9 Å². The molecule has 0 aromatic heterocycles. The Labute approximate surface area is 242 Å². The van der Waals surface area contributed by atoms with Gasteiger partial charge in [-0.2, -0.15) is 0 Å². The number of ether oxygens (including phenoxy) is 1. The van der Waals surface area contributed by atoms with Gasteiger partial charge in [-0.05, 0) is 61.8 Å². The number of nitrogens with one attached hydrogen (secondary N) is 1. The van der Waals surface area contributed by atoms with Crippen molar-refractivity contribution in [2.75, 3.05) is 19.8 Å². The van der Waals surface area contributed by atoms with Crippen LogP contribution in [0, 0.1) is 17.7 Å². The summed E-state index contributed by atoms with van der Waals surface area (Å²) in [5.74, 6) is -2.27. The van der Waals surface area contributed by atoms with Crippen LogP contribution >= 0.6 is 0 Å². The molecular formula is C33H41FN2O5. The van der Waals surface area contributed by atoms with Gasteiger partial charge < -0.3 is 20.1 Å². The fourth-order valence-corrected chi connectivity index (χ4v) is 5.24. The van der Waals surface area contributed by atoms with Gasteiger partial charge >= 0.3 is 5.97 Å². The number of esters is 1. The molecule has 2 aromatic rings. The highest BCUT2D eigenvalue weighted by atomic mass is 19.1. The molecule has 1 saturated heterocycles. The van der Waals surface area contributed by atoms with Crippen LogP contribution in [0.25, 0.3) is 0 Å². The van der Waals surface area contributed by atoms with Crippen LogP contribution in [0.1, 0.15) is 43.2 Å². The number of allylic oxidation sites excluding steroid dienone is 2. The Bertz CT molecular complexity index is 1150. The average molecular weight is 565 g/mol. The van der Waals surface area contributed by atoms with Crippen LogP contribution in [0.15, 0.2) is 79.9 Å². The standard InChI is InChI=1S/C33H41FN2O5/c1-3-9-26(21-31(38)35-29(22-37)20-24-11-6-5-7-12-24)32(39)36-18-8-13-30(36)23-41-33(40)27(10-4-2)19-25-14-16-28(34)17-15-25/h3-7,11-12,14-17,26-27,29-30,37H,1-2,8-10,13,18-23H2,(H,35,38)/t26-,27-,29-,30+/m0/s1. The number of carbonyl (C=O) groups excluding carboxylic acids is 3. The Balaban J connectivity index is 1.56. The molecule has 0 bridgehead atoms. The number of benzene rings is 2. The van der Waals surface area contributed by atoms with Crippen molar-refractivity contribution in [3.63, 3.8) is 0 Å². The molecule has 7 nitrogen and oxygen atoms in total. The minimum atomic E-state index is -0.605. The Morgan fingerprint density at radius 3 is 2.32 bits per heavy atom. The molecule has 1 heterocycles. The maximum atomic E-state index is 13.5. The summed E-state index contributed by atoms with van der Waals surface area (Å²) >= 11 is 0. The Morgan fingerprint density at radius 1 is 1.00 bits per heavy atom. The predicted molar refractivity (Wildman–Crippen MR) is 156 cm³/mol. The maximum absolute atomic E-state index is 13.5. The van der Waals surface area contributed by atoms with Gasteiger partial charge in [-0.15, -0.1) is 13.2 Å². The second-order valence-corrected chi connectivity index (χ2v) is 10.6. The molecule has 0 saturated carbocycles.